The molecule has 0 aliphatic rings. The highest BCUT2D eigenvalue weighted by atomic mass is 79.9. The van der Waals surface area contributed by atoms with E-state index in [1.54, 1.807) is 0 Å². The van der Waals surface area contributed by atoms with Gasteiger partial charge in [0, 0.05) is 17.4 Å². The number of alkyl halides is 1. The standard InChI is InChI=1S/C7H16BrNO/c1-7(2,3)9-5-6(10)4-8/h6,9-10H,4-5H2,1-3H3. The summed E-state index contributed by atoms with van der Waals surface area (Å²) in [6.07, 6.45) is -0.278. The van der Waals surface area contributed by atoms with Gasteiger partial charge in [0.15, 0.2) is 0 Å². The summed E-state index contributed by atoms with van der Waals surface area (Å²) in [5.41, 5.74) is 0.100. The van der Waals surface area contributed by atoms with E-state index in [0.29, 0.717) is 11.9 Å². The molecular formula is C7H16BrNO. The van der Waals surface area contributed by atoms with Crippen LogP contribution in [-0.2, 0) is 0 Å². The number of hydrogen-bond donors (Lipinski definition) is 2. The molecule has 2 N–H and O–H groups in total. The summed E-state index contributed by atoms with van der Waals surface area (Å²) in [5, 5.41) is 12.9. The Balaban J connectivity index is 3.36. The second kappa shape index (κ2) is 4.31. The topological polar surface area (TPSA) is 32.3 Å². The van der Waals surface area contributed by atoms with E-state index in [1.165, 1.54) is 0 Å². The minimum absolute atomic E-state index is 0.100. The third kappa shape index (κ3) is 6.52. The Morgan fingerprint density at radius 3 is 2.30 bits per heavy atom. The van der Waals surface area contributed by atoms with E-state index in [9.17, 15) is 0 Å². The summed E-state index contributed by atoms with van der Waals surface area (Å²) < 4.78 is 0. The molecule has 0 bridgehead atoms. The number of aliphatic hydroxyl groups excluding tert-OH is 1. The van der Waals surface area contributed by atoms with Crippen molar-refractivity contribution >= 4 is 15.9 Å². The van der Waals surface area contributed by atoms with E-state index >= 15 is 0 Å². The highest BCUT2D eigenvalue weighted by Gasteiger charge is 2.10. The van der Waals surface area contributed by atoms with Gasteiger partial charge in [-0.2, -0.15) is 0 Å². The molecule has 0 aliphatic heterocycles. The second-order valence-corrected chi connectivity index (χ2v) is 4.09. The first kappa shape index (κ1) is 10.4. The number of halogens is 1. The fraction of sp³-hybridized carbons (Fsp3) is 1.00. The predicted molar refractivity (Wildman–Crippen MR) is 47.6 cm³/mol. The number of nitrogens with one attached hydrogen (secondary N) is 1. The Kier molecular flexibility index (Phi) is 4.49. The third-order valence-electron chi connectivity index (χ3n) is 1.05. The molecule has 0 amide bonds. The minimum atomic E-state index is -0.278. The Morgan fingerprint density at radius 2 is 2.00 bits per heavy atom. The largest absolute Gasteiger partial charge is 0.391 e. The van der Waals surface area contributed by atoms with Crippen LogP contribution in [0.1, 0.15) is 20.8 Å². The Hall–Kier alpha value is 0.400. The van der Waals surface area contributed by atoms with Crippen LogP contribution in [0, 0.1) is 0 Å². The van der Waals surface area contributed by atoms with Gasteiger partial charge in [0.25, 0.3) is 0 Å². The normalized spacial score (nSPS) is 15.3. The number of rotatable bonds is 3. The number of aliphatic hydroxyl groups is 1. The smallest absolute Gasteiger partial charge is 0.0761 e. The van der Waals surface area contributed by atoms with Crippen molar-refractivity contribution in [1.29, 1.82) is 0 Å². The van der Waals surface area contributed by atoms with Crippen molar-refractivity contribution in [1.82, 2.24) is 5.32 Å². The van der Waals surface area contributed by atoms with E-state index in [-0.39, 0.29) is 11.6 Å². The average molecular weight is 210 g/mol. The summed E-state index contributed by atoms with van der Waals surface area (Å²) in [4.78, 5) is 0. The first-order valence-corrected chi connectivity index (χ1v) is 4.57. The number of hydrogen-bond acceptors (Lipinski definition) is 2. The predicted octanol–water partition coefficient (Wildman–Crippen LogP) is 1.13. The average Bonchev–Trinajstić information content (AvgIpc) is 1.81. The first-order chi connectivity index (χ1) is 4.45. The molecule has 0 radical (unpaired) electrons. The molecule has 0 aromatic carbocycles. The lowest BCUT2D eigenvalue weighted by Gasteiger charge is -2.21. The quantitative estimate of drug-likeness (QED) is 0.684. The van der Waals surface area contributed by atoms with Gasteiger partial charge in [-0.25, -0.2) is 0 Å². The van der Waals surface area contributed by atoms with E-state index in [4.69, 9.17) is 5.11 Å². The maximum absolute atomic E-state index is 9.11. The SMILES string of the molecule is CC(C)(C)NCC(O)CBr. The maximum Gasteiger partial charge on any atom is 0.0761 e. The van der Waals surface area contributed by atoms with Crippen molar-refractivity contribution in [3.05, 3.63) is 0 Å². The van der Waals surface area contributed by atoms with Crippen LogP contribution in [0.2, 0.25) is 0 Å². The van der Waals surface area contributed by atoms with Gasteiger partial charge < -0.3 is 10.4 Å². The Bertz CT molecular complexity index is 90.1. The lowest BCUT2D eigenvalue weighted by molar-refractivity contribution is 0.184. The van der Waals surface area contributed by atoms with Gasteiger partial charge in [0.1, 0.15) is 0 Å². The van der Waals surface area contributed by atoms with Crippen LogP contribution in [0.5, 0.6) is 0 Å². The van der Waals surface area contributed by atoms with E-state index in [0.717, 1.165) is 0 Å². The summed E-state index contributed by atoms with van der Waals surface area (Å²) in [6, 6.07) is 0. The third-order valence-corrected chi connectivity index (χ3v) is 1.79. The molecule has 2 nitrogen and oxygen atoms in total. The molecule has 0 aromatic heterocycles. The molecule has 0 saturated heterocycles. The summed E-state index contributed by atoms with van der Waals surface area (Å²) in [6.45, 7) is 6.88. The van der Waals surface area contributed by atoms with Crippen LogP contribution in [0.15, 0.2) is 0 Å². The zero-order valence-corrected chi connectivity index (χ0v) is 8.40. The molecule has 0 rings (SSSR count). The van der Waals surface area contributed by atoms with E-state index in [1.807, 2.05) is 0 Å². The fourth-order valence-corrected chi connectivity index (χ4v) is 0.707. The van der Waals surface area contributed by atoms with Gasteiger partial charge in [-0.3, -0.25) is 0 Å². The Morgan fingerprint density at radius 1 is 1.50 bits per heavy atom. The van der Waals surface area contributed by atoms with Gasteiger partial charge in [-0.15, -0.1) is 0 Å². The van der Waals surface area contributed by atoms with Crippen molar-refractivity contribution in [2.45, 2.75) is 32.4 Å². The Labute approximate surface area is 71.1 Å². The molecule has 62 valence electrons. The van der Waals surface area contributed by atoms with Crippen LogP contribution < -0.4 is 5.32 Å². The highest BCUT2D eigenvalue weighted by molar-refractivity contribution is 9.09. The van der Waals surface area contributed by atoms with Crippen molar-refractivity contribution in [2.24, 2.45) is 0 Å². The molecule has 10 heavy (non-hydrogen) atoms. The summed E-state index contributed by atoms with van der Waals surface area (Å²) in [5.74, 6) is 0. The molecule has 0 fully saturated rings. The molecule has 0 heterocycles. The summed E-state index contributed by atoms with van der Waals surface area (Å²) >= 11 is 3.19. The first-order valence-electron chi connectivity index (χ1n) is 3.45. The van der Waals surface area contributed by atoms with Gasteiger partial charge in [-0.1, -0.05) is 15.9 Å². The van der Waals surface area contributed by atoms with Crippen molar-refractivity contribution < 1.29 is 5.11 Å². The van der Waals surface area contributed by atoms with Crippen molar-refractivity contribution in [3.8, 4) is 0 Å². The summed E-state index contributed by atoms with van der Waals surface area (Å²) in [7, 11) is 0. The minimum Gasteiger partial charge on any atom is -0.391 e. The zero-order chi connectivity index (χ0) is 8.20. The molecule has 1 atom stereocenters. The van der Waals surface area contributed by atoms with Crippen molar-refractivity contribution in [2.75, 3.05) is 11.9 Å². The lowest BCUT2D eigenvalue weighted by atomic mass is 10.1. The molecule has 0 aromatic rings. The van der Waals surface area contributed by atoms with Crippen LogP contribution in [0.3, 0.4) is 0 Å². The van der Waals surface area contributed by atoms with Crippen LogP contribution in [0.25, 0.3) is 0 Å². The monoisotopic (exact) mass is 209 g/mol. The molecule has 0 aliphatic carbocycles. The fourth-order valence-electron chi connectivity index (χ4n) is 0.479. The van der Waals surface area contributed by atoms with E-state index in [2.05, 4.69) is 42.0 Å². The van der Waals surface area contributed by atoms with Gasteiger partial charge in [0.05, 0.1) is 6.10 Å². The molecule has 3 heteroatoms. The molecule has 0 spiro atoms. The highest BCUT2D eigenvalue weighted by Crippen LogP contribution is 1.98. The van der Waals surface area contributed by atoms with Crippen molar-refractivity contribution in [3.63, 3.8) is 0 Å². The second-order valence-electron chi connectivity index (χ2n) is 3.44. The van der Waals surface area contributed by atoms with E-state index < -0.39 is 0 Å². The van der Waals surface area contributed by atoms with Gasteiger partial charge in [-0.05, 0) is 20.8 Å². The van der Waals surface area contributed by atoms with Crippen LogP contribution >= 0.6 is 15.9 Å². The lowest BCUT2D eigenvalue weighted by Crippen LogP contribution is -2.41. The van der Waals surface area contributed by atoms with Crippen LogP contribution in [0.4, 0.5) is 0 Å². The van der Waals surface area contributed by atoms with Gasteiger partial charge in [0.2, 0.25) is 0 Å². The molecular weight excluding hydrogens is 194 g/mol. The maximum atomic E-state index is 9.11. The molecule has 0 saturated carbocycles. The van der Waals surface area contributed by atoms with Gasteiger partial charge >= 0.3 is 0 Å². The zero-order valence-electron chi connectivity index (χ0n) is 6.82. The number of β-amino-alcohol motifs (C(OH)–C–C–N with tert-alkyl or cyclic N) is 1. The van der Waals surface area contributed by atoms with Crippen LogP contribution in [-0.4, -0.2) is 28.6 Å². The molecule has 1 unspecified atom stereocenters.